The Hall–Kier alpha value is -3.23. The first-order valence-electron chi connectivity index (χ1n) is 9.04. The van der Waals surface area contributed by atoms with Crippen LogP contribution in [0, 0.1) is 0 Å². The molecular weight excluding hydrogens is 346 g/mol. The average Bonchev–Trinajstić information content (AvgIpc) is 3.05. The Labute approximate surface area is 156 Å². The molecule has 1 aliphatic heterocycles. The van der Waals surface area contributed by atoms with Crippen molar-refractivity contribution >= 4 is 22.9 Å². The topological polar surface area (TPSA) is 100 Å². The van der Waals surface area contributed by atoms with Crippen LogP contribution in [0.15, 0.2) is 31.0 Å². The second-order valence-corrected chi connectivity index (χ2v) is 6.22. The zero-order valence-electron chi connectivity index (χ0n) is 15.1. The first-order chi connectivity index (χ1) is 13.3. The first-order valence-corrected chi connectivity index (χ1v) is 9.04. The molecule has 0 bridgehead atoms. The number of ether oxygens (including phenoxy) is 1. The van der Waals surface area contributed by atoms with Crippen molar-refractivity contribution in [3.8, 4) is 5.88 Å². The number of hydrogen-bond donors (Lipinski definition) is 1. The number of fused-ring (bicyclic) bond motifs is 1. The van der Waals surface area contributed by atoms with E-state index in [2.05, 4.69) is 29.8 Å². The van der Waals surface area contributed by atoms with Crippen LogP contribution in [0.2, 0.25) is 0 Å². The van der Waals surface area contributed by atoms with Gasteiger partial charge in [0.25, 0.3) is 5.91 Å². The van der Waals surface area contributed by atoms with E-state index in [1.54, 1.807) is 24.7 Å². The summed E-state index contributed by atoms with van der Waals surface area (Å²) in [4.78, 5) is 37.1. The Morgan fingerprint density at radius 2 is 2.11 bits per heavy atom. The highest BCUT2D eigenvalue weighted by atomic mass is 16.5. The molecule has 4 heterocycles. The van der Waals surface area contributed by atoms with Gasteiger partial charge in [-0.05, 0) is 25.5 Å². The van der Waals surface area contributed by atoms with Gasteiger partial charge in [0.1, 0.15) is 17.4 Å². The third-order valence-corrected chi connectivity index (χ3v) is 4.57. The standard InChI is InChI=1S/C18H21N7O2/c1-2-27-17-13(5-3-6-19-17)18(26)25-8-4-7-24(9-10-25)16-14-15(21-11-20-14)22-12-23-16/h3,5-6,11-12H,2,4,7-10H2,1H3,(H,20,21,22,23). The number of H-pyrrole nitrogens is 1. The summed E-state index contributed by atoms with van der Waals surface area (Å²) >= 11 is 0. The number of amides is 1. The fraction of sp³-hybridized carbons (Fsp3) is 0.389. The average molecular weight is 367 g/mol. The predicted molar refractivity (Wildman–Crippen MR) is 99.8 cm³/mol. The second kappa shape index (κ2) is 7.56. The Bertz CT molecular complexity index is 942. The highest BCUT2D eigenvalue weighted by molar-refractivity contribution is 5.96. The lowest BCUT2D eigenvalue weighted by Crippen LogP contribution is -2.35. The van der Waals surface area contributed by atoms with Crippen molar-refractivity contribution in [2.75, 3.05) is 37.7 Å². The molecule has 1 fully saturated rings. The molecule has 4 rings (SSSR count). The number of nitrogens with zero attached hydrogens (tertiary/aromatic N) is 6. The van der Waals surface area contributed by atoms with Crippen LogP contribution in [-0.2, 0) is 0 Å². The lowest BCUT2D eigenvalue weighted by molar-refractivity contribution is 0.0762. The van der Waals surface area contributed by atoms with Gasteiger partial charge in [-0.2, -0.15) is 0 Å². The van der Waals surface area contributed by atoms with Crippen LogP contribution in [0.4, 0.5) is 5.82 Å². The van der Waals surface area contributed by atoms with Gasteiger partial charge in [-0.3, -0.25) is 4.79 Å². The van der Waals surface area contributed by atoms with Crippen molar-refractivity contribution < 1.29 is 9.53 Å². The minimum absolute atomic E-state index is 0.0530. The van der Waals surface area contributed by atoms with E-state index in [1.807, 2.05) is 11.8 Å². The van der Waals surface area contributed by atoms with Gasteiger partial charge >= 0.3 is 0 Å². The number of nitrogens with one attached hydrogen (secondary N) is 1. The van der Waals surface area contributed by atoms with Gasteiger partial charge in [0, 0.05) is 32.4 Å². The molecule has 1 aliphatic rings. The molecule has 140 valence electrons. The maximum atomic E-state index is 13.0. The molecule has 0 aliphatic carbocycles. The maximum Gasteiger partial charge on any atom is 0.259 e. The molecule has 1 amide bonds. The van der Waals surface area contributed by atoms with Crippen LogP contribution in [0.3, 0.4) is 0 Å². The van der Waals surface area contributed by atoms with Crippen LogP contribution in [0.1, 0.15) is 23.7 Å². The summed E-state index contributed by atoms with van der Waals surface area (Å²) in [6, 6.07) is 3.53. The fourth-order valence-corrected chi connectivity index (χ4v) is 3.30. The van der Waals surface area contributed by atoms with E-state index in [0.717, 1.165) is 24.3 Å². The van der Waals surface area contributed by atoms with E-state index in [-0.39, 0.29) is 5.91 Å². The van der Waals surface area contributed by atoms with E-state index in [0.29, 0.717) is 43.3 Å². The number of pyridine rings is 1. The maximum absolute atomic E-state index is 13.0. The third-order valence-electron chi connectivity index (χ3n) is 4.57. The summed E-state index contributed by atoms with van der Waals surface area (Å²) in [6.07, 6.45) is 5.62. The number of carbonyl (C=O) groups excluding carboxylic acids is 1. The molecular formula is C18H21N7O2. The summed E-state index contributed by atoms with van der Waals surface area (Å²) < 4.78 is 5.51. The van der Waals surface area contributed by atoms with Crippen molar-refractivity contribution in [1.82, 2.24) is 29.8 Å². The van der Waals surface area contributed by atoms with Gasteiger partial charge < -0.3 is 19.5 Å². The van der Waals surface area contributed by atoms with Gasteiger partial charge in [-0.15, -0.1) is 0 Å². The molecule has 0 atom stereocenters. The van der Waals surface area contributed by atoms with Crippen molar-refractivity contribution in [2.45, 2.75) is 13.3 Å². The van der Waals surface area contributed by atoms with Crippen molar-refractivity contribution in [1.29, 1.82) is 0 Å². The molecule has 0 aromatic carbocycles. The molecule has 0 radical (unpaired) electrons. The van der Waals surface area contributed by atoms with Gasteiger partial charge in [0.15, 0.2) is 11.5 Å². The number of imidazole rings is 1. The third kappa shape index (κ3) is 3.40. The minimum Gasteiger partial charge on any atom is -0.477 e. The lowest BCUT2D eigenvalue weighted by Gasteiger charge is -2.23. The Kier molecular flexibility index (Phi) is 4.82. The molecule has 1 N–H and O–H groups in total. The Morgan fingerprint density at radius 1 is 1.19 bits per heavy atom. The number of anilines is 1. The molecule has 9 nitrogen and oxygen atoms in total. The fourth-order valence-electron chi connectivity index (χ4n) is 3.30. The molecule has 9 heteroatoms. The number of aromatic nitrogens is 5. The molecule has 1 saturated heterocycles. The molecule has 0 saturated carbocycles. The molecule has 3 aromatic rings. The largest absolute Gasteiger partial charge is 0.477 e. The number of rotatable bonds is 4. The molecule has 3 aromatic heterocycles. The van der Waals surface area contributed by atoms with Gasteiger partial charge in [0.2, 0.25) is 5.88 Å². The predicted octanol–water partition coefficient (Wildman–Crippen LogP) is 1.50. The van der Waals surface area contributed by atoms with Crippen LogP contribution < -0.4 is 9.64 Å². The number of aromatic amines is 1. The Balaban J connectivity index is 1.52. The zero-order chi connectivity index (χ0) is 18.6. The van der Waals surface area contributed by atoms with Crippen molar-refractivity contribution in [3.05, 3.63) is 36.5 Å². The molecule has 27 heavy (non-hydrogen) atoms. The van der Waals surface area contributed by atoms with Crippen LogP contribution in [-0.4, -0.2) is 68.5 Å². The minimum atomic E-state index is -0.0530. The SMILES string of the molecule is CCOc1ncccc1C(=O)N1CCCN(c2ncnc3nc[nH]c23)CC1. The lowest BCUT2D eigenvalue weighted by atomic mass is 10.2. The summed E-state index contributed by atoms with van der Waals surface area (Å²) in [5, 5.41) is 0. The van der Waals surface area contributed by atoms with E-state index >= 15 is 0 Å². The van der Waals surface area contributed by atoms with E-state index in [9.17, 15) is 4.79 Å². The zero-order valence-corrected chi connectivity index (χ0v) is 15.1. The first kappa shape index (κ1) is 17.2. The smallest absolute Gasteiger partial charge is 0.259 e. The normalized spacial score (nSPS) is 15.0. The van der Waals surface area contributed by atoms with Crippen LogP contribution >= 0.6 is 0 Å². The van der Waals surface area contributed by atoms with Crippen LogP contribution in [0.5, 0.6) is 5.88 Å². The van der Waals surface area contributed by atoms with Gasteiger partial charge in [-0.1, -0.05) is 0 Å². The summed E-state index contributed by atoms with van der Waals surface area (Å²) in [5.74, 6) is 1.16. The quantitative estimate of drug-likeness (QED) is 0.746. The highest BCUT2D eigenvalue weighted by Gasteiger charge is 2.24. The number of carbonyl (C=O) groups is 1. The van der Waals surface area contributed by atoms with Gasteiger partial charge in [-0.25, -0.2) is 19.9 Å². The monoisotopic (exact) mass is 367 g/mol. The summed E-state index contributed by atoms with van der Waals surface area (Å²) in [6.45, 7) is 5.11. The van der Waals surface area contributed by atoms with Crippen LogP contribution in [0.25, 0.3) is 11.2 Å². The van der Waals surface area contributed by atoms with E-state index in [4.69, 9.17) is 4.74 Å². The Morgan fingerprint density at radius 3 is 3.00 bits per heavy atom. The number of hydrogen-bond acceptors (Lipinski definition) is 7. The van der Waals surface area contributed by atoms with Gasteiger partial charge in [0.05, 0.1) is 12.9 Å². The molecule has 0 unspecified atom stereocenters. The van der Waals surface area contributed by atoms with Crippen molar-refractivity contribution in [2.24, 2.45) is 0 Å². The highest BCUT2D eigenvalue weighted by Crippen LogP contribution is 2.22. The van der Waals surface area contributed by atoms with E-state index in [1.165, 1.54) is 6.33 Å². The van der Waals surface area contributed by atoms with Crippen molar-refractivity contribution in [3.63, 3.8) is 0 Å². The van der Waals surface area contributed by atoms with E-state index < -0.39 is 0 Å². The molecule has 0 spiro atoms. The summed E-state index contributed by atoms with van der Waals surface area (Å²) in [7, 11) is 0. The summed E-state index contributed by atoms with van der Waals surface area (Å²) in [5.41, 5.74) is 1.97. The second-order valence-electron chi connectivity index (χ2n) is 6.22.